The minimum absolute atomic E-state index is 0.0111. The van der Waals surface area contributed by atoms with Crippen molar-refractivity contribution in [3.05, 3.63) is 18.5 Å². The van der Waals surface area contributed by atoms with Gasteiger partial charge in [-0.3, -0.25) is 5.32 Å². The van der Waals surface area contributed by atoms with Crippen molar-refractivity contribution < 1.29 is 18.7 Å². The molecule has 9 nitrogen and oxygen atoms in total. The molecule has 35 heavy (non-hydrogen) atoms. The van der Waals surface area contributed by atoms with E-state index in [1.807, 2.05) is 4.57 Å². The number of nitrogens with one attached hydrogen (secondary N) is 1. The Hall–Kier alpha value is -2.46. The van der Waals surface area contributed by atoms with Crippen LogP contribution < -0.4 is 10.1 Å². The number of hydrogen-bond acceptors (Lipinski definition) is 7. The lowest BCUT2D eigenvalue weighted by Crippen LogP contribution is -2.42. The monoisotopic (exact) mass is 503 g/mol. The molecule has 1 aliphatic rings. The molecule has 2 heterocycles. The van der Waals surface area contributed by atoms with Crippen LogP contribution in [-0.2, 0) is 9.16 Å². The number of hydrogen-bond donors (Lipinski definition) is 1. The van der Waals surface area contributed by atoms with E-state index in [0.717, 1.165) is 12.0 Å². The van der Waals surface area contributed by atoms with Crippen molar-refractivity contribution in [1.82, 2.24) is 19.5 Å². The molecule has 0 saturated heterocycles. The number of imidazole rings is 1. The summed E-state index contributed by atoms with van der Waals surface area (Å²) in [5, 5.41) is 2.76. The van der Waals surface area contributed by atoms with Gasteiger partial charge in [-0.15, -0.1) is 0 Å². The average molecular weight is 504 g/mol. The summed E-state index contributed by atoms with van der Waals surface area (Å²) in [4.78, 5) is 25.7. The third-order valence-electron chi connectivity index (χ3n) is 7.15. The number of carbonyl (C=O) groups is 1. The Bertz CT molecular complexity index is 1100. The molecule has 1 N–H and O–H groups in total. The van der Waals surface area contributed by atoms with Gasteiger partial charge in [0.2, 0.25) is 11.8 Å². The van der Waals surface area contributed by atoms with Crippen LogP contribution in [0.15, 0.2) is 18.5 Å². The summed E-state index contributed by atoms with van der Waals surface area (Å²) in [5.74, 6) is 1.03. The summed E-state index contributed by atoms with van der Waals surface area (Å²) in [7, 11) is -0.349. The van der Waals surface area contributed by atoms with Gasteiger partial charge in [0.05, 0.1) is 19.5 Å². The van der Waals surface area contributed by atoms with E-state index in [4.69, 9.17) is 13.9 Å². The summed E-state index contributed by atoms with van der Waals surface area (Å²) in [6, 6.07) is 0.0111. The van der Waals surface area contributed by atoms with Crippen molar-refractivity contribution in [2.75, 3.05) is 19.0 Å². The Morgan fingerprint density at radius 1 is 1.23 bits per heavy atom. The van der Waals surface area contributed by atoms with Gasteiger partial charge in [-0.05, 0) is 56.8 Å². The second kappa shape index (κ2) is 9.53. The zero-order valence-corrected chi connectivity index (χ0v) is 23.9. The highest BCUT2D eigenvalue weighted by Gasteiger charge is 2.41. The fourth-order valence-electron chi connectivity index (χ4n) is 4.07. The molecule has 0 spiro atoms. The molecule has 0 unspecified atom stereocenters. The van der Waals surface area contributed by atoms with Crippen LogP contribution in [0.1, 0.15) is 60.9 Å². The van der Waals surface area contributed by atoms with Crippen molar-refractivity contribution >= 4 is 31.5 Å². The van der Waals surface area contributed by atoms with Gasteiger partial charge in [-0.25, -0.2) is 9.78 Å². The second-order valence-electron chi connectivity index (χ2n) is 12.0. The van der Waals surface area contributed by atoms with Crippen LogP contribution in [-0.4, -0.2) is 53.2 Å². The van der Waals surface area contributed by atoms with Gasteiger partial charge in [0, 0.05) is 12.5 Å². The molecule has 10 heteroatoms. The first-order valence-electron chi connectivity index (χ1n) is 12.2. The van der Waals surface area contributed by atoms with Crippen molar-refractivity contribution in [3.8, 4) is 5.88 Å². The lowest BCUT2D eigenvalue weighted by molar-refractivity contribution is 0.0634. The topological polar surface area (TPSA) is 100 Å². The maximum Gasteiger partial charge on any atom is 0.414 e. The van der Waals surface area contributed by atoms with Gasteiger partial charge in [0.25, 0.3) is 0 Å². The normalized spacial score (nSPS) is 21.4. The Balaban J connectivity index is 1.88. The zero-order chi connectivity index (χ0) is 26.3. The molecule has 3 rings (SSSR count). The SMILES string of the molecule is C=C1[C@H](CO[Si](C)(C)C(C)(C)C)[C@@H](C)C[C@@H]1n1cnc2c(OC)nc(NC(=O)OC(C)(C)C)nc21. The molecule has 0 radical (unpaired) electrons. The third kappa shape index (κ3) is 5.86. The largest absolute Gasteiger partial charge is 0.479 e. The van der Waals surface area contributed by atoms with Crippen molar-refractivity contribution in [3.63, 3.8) is 0 Å². The first-order valence-corrected chi connectivity index (χ1v) is 15.1. The smallest absolute Gasteiger partial charge is 0.414 e. The maximum absolute atomic E-state index is 12.3. The number of methoxy groups -OCH3 is 1. The van der Waals surface area contributed by atoms with Crippen molar-refractivity contribution in [2.45, 2.75) is 84.7 Å². The minimum atomic E-state index is -1.87. The number of rotatable bonds is 6. The number of carbonyl (C=O) groups excluding carboxylic acids is 1. The van der Waals surface area contributed by atoms with Crippen LogP contribution in [0.2, 0.25) is 18.1 Å². The van der Waals surface area contributed by atoms with E-state index >= 15 is 0 Å². The van der Waals surface area contributed by atoms with E-state index in [1.165, 1.54) is 7.11 Å². The molecule has 194 valence electrons. The molecular formula is C25H41N5O4Si. The Kier molecular flexibility index (Phi) is 7.39. The molecule has 1 fully saturated rings. The summed E-state index contributed by atoms with van der Waals surface area (Å²) in [6.07, 6.45) is 2.02. The van der Waals surface area contributed by atoms with Crippen LogP contribution in [0.5, 0.6) is 5.88 Å². The number of amides is 1. The average Bonchev–Trinajstić information content (AvgIpc) is 3.24. The molecule has 1 aliphatic carbocycles. The summed E-state index contributed by atoms with van der Waals surface area (Å²) >= 11 is 0. The number of anilines is 1. The lowest BCUT2D eigenvalue weighted by atomic mass is 9.97. The Labute approximate surface area is 209 Å². The van der Waals surface area contributed by atoms with Gasteiger partial charge in [-0.2, -0.15) is 9.97 Å². The number of fused-ring (bicyclic) bond motifs is 1. The molecule has 2 aromatic rings. The van der Waals surface area contributed by atoms with E-state index < -0.39 is 20.0 Å². The Morgan fingerprint density at radius 2 is 1.89 bits per heavy atom. The molecule has 2 aromatic heterocycles. The summed E-state index contributed by atoms with van der Waals surface area (Å²) < 4.78 is 19.4. The molecule has 1 amide bonds. The van der Waals surface area contributed by atoms with Crippen LogP contribution in [0, 0.1) is 11.8 Å². The molecule has 0 aromatic carbocycles. The van der Waals surface area contributed by atoms with E-state index in [2.05, 4.69) is 67.6 Å². The van der Waals surface area contributed by atoms with E-state index in [9.17, 15) is 4.79 Å². The fraction of sp³-hybridized carbons (Fsp3) is 0.680. The van der Waals surface area contributed by atoms with Crippen molar-refractivity contribution in [2.24, 2.45) is 11.8 Å². The lowest BCUT2D eigenvalue weighted by Gasteiger charge is -2.37. The molecule has 0 aliphatic heterocycles. The quantitative estimate of drug-likeness (QED) is 0.383. The molecule has 1 saturated carbocycles. The van der Waals surface area contributed by atoms with Crippen LogP contribution in [0.3, 0.4) is 0 Å². The second-order valence-corrected chi connectivity index (χ2v) is 16.8. The van der Waals surface area contributed by atoms with Crippen molar-refractivity contribution in [1.29, 1.82) is 0 Å². The number of ether oxygens (including phenoxy) is 2. The van der Waals surface area contributed by atoms with E-state index in [1.54, 1.807) is 27.1 Å². The van der Waals surface area contributed by atoms with Gasteiger partial charge in [0.1, 0.15) is 5.60 Å². The standard InChI is InChI=1S/C25H41N5O4Si/c1-15-12-18(16(2)17(15)13-33-35(10,11)25(6,7)8)30-14-26-19-20(30)27-22(28-21(19)32-9)29-23(31)34-24(3,4)5/h14-15,17-18H,2,12-13H2,1,3-11H3,(H,27,28,29,31)/t15-,17+,18-/m0/s1. The van der Waals surface area contributed by atoms with Gasteiger partial charge < -0.3 is 18.5 Å². The van der Waals surface area contributed by atoms with Crippen LogP contribution >= 0.6 is 0 Å². The predicted molar refractivity (Wildman–Crippen MR) is 140 cm³/mol. The third-order valence-corrected chi connectivity index (χ3v) is 11.6. The molecule has 3 atom stereocenters. The van der Waals surface area contributed by atoms with E-state index in [-0.39, 0.29) is 28.8 Å². The highest BCUT2D eigenvalue weighted by molar-refractivity contribution is 6.74. The minimum Gasteiger partial charge on any atom is -0.479 e. The fourth-order valence-corrected chi connectivity index (χ4v) is 5.10. The first-order chi connectivity index (χ1) is 16.0. The number of nitrogens with zero attached hydrogens (tertiary/aromatic N) is 4. The van der Waals surface area contributed by atoms with Crippen LogP contribution in [0.4, 0.5) is 10.7 Å². The van der Waals surface area contributed by atoms with Crippen LogP contribution in [0.25, 0.3) is 11.2 Å². The predicted octanol–water partition coefficient (Wildman–Crippen LogP) is 5.96. The Morgan fingerprint density at radius 3 is 2.46 bits per heavy atom. The van der Waals surface area contributed by atoms with Gasteiger partial charge in [0.15, 0.2) is 19.5 Å². The highest BCUT2D eigenvalue weighted by Crippen LogP contribution is 2.46. The van der Waals surface area contributed by atoms with Gasteiger partial charge in [-0.1, -0.05) is 34.3 Å². The highest BCUT2D eigenvalue weighted by atomic mass is 28.4. The molecule has 0 bridgehead atoms. The summed E-state index contributed by atoms with van der Waals surface area (Å²) in [6.45, 7) is 24.1. The first kappa shape index (κ1) is 27.1. The zero-order valence-electron chi connectivity index (χ0n) is 22.9. The maximum atomic E-state index is 12.3. The number of aromatic nitrogens is 4. The molecular weight excluding hydrogens is 462 g/mol. The van der Waals surface area contributed by atoms with Gasteiger partial charge >= 0.3 is 6.09 Å². The van der Waals surface area contributed by atoms with E-state index in [0.29, 0.717) is 23.7 Å². The summed E-state index contributed by atoms with van der Waals surface area (Å²) in [5.41, 5.74) is 1.57.